The molecule has 2 N–H and O–H groups in total. The van der Waals surface area contributed by atoms with Crippen LogP contribution in [0.1, 0.15) is 27.9 Å². The van der Waals surface area contributed by atoms with Crippen LogP contribution < -0.4 is 10.1 Å². The van der Waals surface area contributed by atoms with E-state index >= 15 is 0 Å². The Labute approximate surface area is 130 Å². The molecule has 0 amide bonds. The maximum Gasteiger partial charge on any atom is 0.335 e. The van der Waals surface area contributed by atoms with Gasteiger partial charge in [0.1, 0.15) is 5.75 Å². The summed E-state index contributed by atoms with van der Waals surface area (Å²) in [5.41, 5.74) is 2.61. The topological polar surface area (TPSA) is 58.6 Å². The summed E-state index contributed by atoms with van der Waals surface area (Å²) in [5, 5.41) is 12.1. The molecule has 0 atom stereocenters. The molecule has 0 saturated carbocycles. The third kappa shape index (κ3) is 5.22. The number of aryl methyl sites for hydroxylation is 1. The van der Waals surface area contributed by atoms with Gasteiger partial charge in [0.2, 0.25) is 0 Å². The summed E-state index contributed by atoms with van der Waals surface area (Å²) >= 11 is 0. The van der Waals surface area contributed by atoms with E-state index in [1.54, 1.807) is 12.1 Å². The third-order valence-electron chi connectivity index (χ3n) is 3.32. The van der Waals surface area contributed by atoms with Crippen molar-refractivity contribution in [3.05, 3.63) is 65.2 Å². The first kappa shape index (κ1) is 16.0. The van der Waals surface area contributed by atoms with Crippen molar-refractivity contribution in [2.24, 2.45) is 0 Å². The molecule has 116 valence electrons. The van der Waals surface area contributed by atoms with Crippen molar-refractivity contribution in [1.29, 1.82) is 0 Å². The van der Waals surface area contributed by atoms with Crippen LogP contribution in [0.15, 0.2) is 48.5 Å². The van der Waals surface area contributed by atoms with E-state index in [0.29, 0.717) is 12.2 Å². The Kier molecular flexibility index (Phi) is 5.98. The number of ether oxygens (including phenoxy) is 1. The molecule has 0 spiro atoms. The first-order valence-electron chi connectivity index (χ1n) is 7.37. The van der Waals surface area contributed by atoms with Gasteiger partial charge in [0.05, 0.1) is 12.2 Å². The minimum Gasteiger partial charge on any atom is -0.494 e. The molecule has 0 heterocycles. The Morgan fingerprint density at radius 1 is 1.09 bits per heavy atom. The minimum absolute atomic E-state index is 0.315. The lowest BCUT2D eigenvalue weighted by atomic mass is 10.1. The van der Waals surface area contributed by atoms with E-state index in [1.165, 1.54) is 5.56 Å². The molecule has 0 saturated heterocycles. The predicted molar refractivity (Wildman–Crippen MR) is 86.4 cm³/mol. The summed E-state index contributed by atoms with van der Waals surface area (Å²) in [4.78, 5) is 10.8. The molecule has 0 unspecified atom stereocenters. The number of nitrogens with one attached hydrogen (secondary N) is 1. The SMILES string of the molecule is Cc1ccc(OCCCNCc2ccc(C(=O)O)cc2)cc1. The molecule has 2 rings (SSSR count). The number of rotatable bonds is 8. The summed E-state index contributed by atoms with van der Waals surface area (Å²) in [7, 11) is 0. The first-order chi connectivity index (χ1) is 10.6. The number of hydrogen-bond acceptors (Lipinski definition) is 3. The van der Waals surface area contributed by atoms with Crippen LogP contribution in [0.3, 0.4) is 0 Å². The number of benzene rings is 2. The van der Waals surface area contributed by atoms with Crippen LogP contribution in [0.4, 0.5) is 0 Å². The molecule has 0 bridgehead atoms. The molecule has 0 aromatic heterocycles. The van der Waals surface area contributed by atoms with Gasteiger partial charge >= 0.3 is 5.97 Å². The Morgan fingerprint density at radius 3 is 2.41 bits per heavy atom. The summed E-state index contributed by atoms with van der Waals surface area (Å²) in [6, 6.07) is 14.9. The van der Waals surface area contributed by atoms with Crippen LogP contribution in [0, 0.1) is 6.92 Å². The molecule has 0 aliphatic heterocycles. The van der Waals surface area contributed by atoms with E-state index in [2.05, 4.69) is 12.2 Å². The molecule has 2 aromatic rings. The number of carboxylic acid groups (broad SMARTS) is 1. The highest BCUT2D eigenvalue weighted by Gasteiger charge is 2.01. The zero-order chi connectivity index (χ0) is 15.8. The fraction of sp³-hybridized carbons (Fsp3) is 0.278. The highest BCUT2D eigenvalue weighted by Crippen LogP contribution is 2.11. The van der Waals surface area contributed by atoms with Gasteiger partial charge in [-0.25, -0.2) is 4.79 Å². The number of carbonyl (C=O) groups is 1. The van der Waals surface area contributed by atoms with Crippen molar-refractivity contribution < 1.29 is 14.6 Å². The lowest BCUT2D eigenvalue weighted by Gasteiger charge is -2.08. The van der Waals surface area contributed by atoms with Gasteiger partial charge in [-0.1, -0.05) is 29.8 Å². The quantitative estimate of drug-likeness (QED) is 0.735. The van der Waals surface area contributed by atoms with Gasteiger partial charge in [0, 0.05) is 6.54 Å². The van der Waals surface area contributed by atoms with Gasteiger partial charge in [0.25, 0.3) is 0 Å². The lowest BCUT2D eigenvalue weighted by Crippen LogP contribution is -2.17. The molecular formula is C18H21NO3. The second kappa shape index (κ2) is 8.20. The lowest BCUT2D eigenvalue weighted by molar-refractivity contribution is 0.0697. The number of hydrogen-bond donors (Lipinski definition) is 2. The molecule has 0 fully saturated rings. The Hall–Kier alpha value is -2.33. The fourth-order valence-corrected chi connectivity index (χ4v) is 2.02. The Morgan fingerprint density at radius 2 is 1.77 bits per heavy atom. The monoisotopic (exact) mass is 299 g/mol. The van der Waals surface area contributed by atoms with Crippen molar-refractivity contribution in [3.63, 3.8) is 0 Å². The first-order valence-corrected chi connectivity index (χ1v) is 7.37. The third-order valence-corrected chi connectivity index (χ3v) is 3.32. The van der Waals surface area contributed by atoms with Crippen LogP contribution in [-0.2, 0) is 6.54 Å². The van der Waals surface area contributed by atoms with E-state index < -0.39 is 5.97 Å². The molecule has 0 aliphatic rings. The van der Waals surface area contributed by atoms with Crippen molar-refractivity contribution >= 4 is 5.97 Å². The Bertz CT molecular complexity index is 591. The van der Waals surface area contributed by atoms with Crippen LogP contribution in [0.5, 0.6) is 5.75 Å². The molecule has 22 heavy (non-hydrogen) atoms. The van der Waals surface area contributed by atoms with E-state index in [4.69, 9.17) is 9.84 Å². The number of aromatic carboxylic acids is 1. The second-order valence-electron chi connectivity index (χ2n) is 5.19. The smallest absolute Gasteiger partial charge is 0.335 e. The summed E-state index contributed by atoms with van der Waals surface area (Å²) < 4.78 is 5.65. The highest BCUT2D eigenvalue weighted by atomic mass is 16.5. The van der Waals surface area contributed by atoms with E-state index in [0.717, 1.165) is 30.8 Å². The average molecular weight is 299 g/mol. The van der Waals surface area contributed by atoms with Gasteiger partial charge in [-0.3, -0.25) is 0 Å². The maximum absolute atomic E-state index is 10.8. The van der Waals surface area contributed by atoms with Crippen molar-refractivity contribution in [3.8, 4) is 5.75 Å². The van der Waals surface area contributed by atoms with Crippen molar-refractivity contribution in [2.75, 3.05) is 13.2 Å². The molecule has 2 aromatic carbocycles. The predicted octanol–water partition coefficient (Wildman–Crippen LogP) is 3.25. The van der Waals surface area contributed by atoms with E-state index in [9.17, 15) is 4.79 Å². The molecular weight excluding hydrogens is 278 g/mol. The summed E-state index contributed by atoms with van der Waals surface area (Å²) in [6.07, 6.45) is 0.918. The van der Waals surface area contributed by atoms with Gasteiger partial charge < -0.3 is 15.2 Å². The fourth-order valence-electron chi connectivity index (χ4n) is 2.02. The van der Waals surface area contributed by atoms with E-state index in [-0.39, 0.29) is 0 Å². The van der Waals surface area contributed by atoms with Crippen LogP contribution >= 0.6 is 0 Å². The molecule has 4 heteroatoms. The van der Waals surface area contributed by atoms with Crippen LogP contribution in [-0.4, -0.2) is 24.2 Å². The van der Waals surface area contributed by atoms with Crippen LogP contribution in [0.2, 0.25) is 0 Å². The Balaban J connectivity index is 1.61. The summed E-state index contributed by atoms with van der Waals surface area (Å²) in [5.74, 6) is 0.00243. The standard InChI is InChI=1S/C18H21NO3/c1-14-3-9-17(10-4-14)22-12-2-11-19-13-15-5-7-16(8-6-15)18(20)21/h3-10,19H,2,11-13H2,1H3,(H,20,21). The van der Waals surface area contributed by atoms with Gasteiger partial charge in [-0.05, 0) is 49.7 Å². The highest BCUT2D eigenvalue weighted by molar-refractivity contribution is 5.87. The zero-order valence-electron chi connectivity index (χ0n) is 12.7. The van der Waals surface area contributed by atoms with Crippen LogP contribution in [0.25, 0.3) is 0 Å². The van der Waals surface area contributed by atoms with Gasteiger partial charge in [0.15, 0.2) is 0 Å². The van der Waals surface area contributed by atoms with Crippen molar-refractivity contribution in [2.45, 2.75) is 19.9 Å². The normalized spacial score (nSPS) is 10.4. The van der Waals surface area contributed by atoms with Gasteiger partial charge in [-0.15, -0.1) is 0 Å². The van der Waals surface area contributed by atoms with Gasteiger partial charge in [-0.2, -0.15) is 0 Å². The summed E-state index contributed by atoms with van der Waals surface area (Å²) in [6.45, 7) is 4.31. The number of carboxylic acids is 1. The van der Waals surface area contributed by atoms with E-state index in [1.807, 2.05) is 36.4 Å². The maximum atomic E-state index is 10.8. The second-order valence-corrected chi connectivity index (χ2v) is 5.19. The largest absolute Gasteiger partial charge is 0.494 e. The molecule has 4 nitrogen and oxygen atoms in total. The average Bonchev–Trinajstić information content (AvgIpc) is 2.53. The molecule has 0 aliphatic carbocycles. The molecule has 0 radical (unpaired) electrons. The zero-order valence-corrected chi connectivity index (χ0v) is 12.7. The minimum atomic E-state index is -0.896. The van der Waals surface area contributed by atoms with Crippen molar-refractivity contribution in [1.82, 2.24) is 5.32 Å².